The van der Waals surface area contributed by atoms with E-state index in [4.69, 9.17) is 0 Å². The van der Waals surface area contributed by atoms with Gasteiger partial charge in [-0.3, -0.25) is 4.79 Å². The predicted octanol–water partition coefficient (Wildman–Crippen LogP) is 1.49. The van der Waals surface area contributed by atoms with Crippen LogP contribution in [0.1, 0.15) is 33.1 Å². The number of hydrogen-bond donors (Lipinski definition) is 1. The average Bonchev–Trinajstić information content (AvgIpc) is 2.14. The van der Waals surface area contributed by atoms with Gasteiger partial charge >= 0.3 is 6.09 Å². The zero-order valence-corrected chi connectivity index (χ0v) is 8.42. The molecule has 0 radical (unpaired) electrons. The van der Waals surface area contributed by atoms with Crippen LogP contribution in [-0.4, -0.2) is 25.0 Å². The minimum atomic E-state index is -0.545. The van der Waals surface area contributed by atoms with Gasteiger partial charge < -0.3 is 10.1 Å². The lowest BCUT2D eigenvalue weighted by Gasteiger charge is -2.13. The molecule has 0 fully saturated rings. The lowest BCUT2D eigenvalue weighted by molar-refractivity contribution is -0.121. The van der Waals surface area contributed by atoms with E-state index >= 15 is 0 Å². The molecule has 4 nitrogen and oxygen atoms in total. The van der Waals surface area contributed by atoms with Gasteiger partial charge in [0.25, 0.3) is 0 Å². The Morgan fingerprint density at radius 1 is 1.38 bits per heavy atom. The lowest BCUT2D eigenvalue weighted by Crippen LogP contribution is -2.40. The Morgan fingerprint density at radius 2 is 2.00 bits per heavy atom. The number of ketones is 1. The number of nitrogens with one attached hydrogen (secondary N) is 1. The molecule has 0 saturated carbocycles. The summed E-state index contributed by atoms with van der Waals surface area (Å²) in [5, 5.41) is 2.49. The first kappa shape index (κ1) is 11.9. The highest BCUT2D eigenvalue weighted by Gasteiger charge is 2.17. The van der Waals surface area contributed by atoms with Crippen molar-refractivity contribution in [2.24, 2.45) is 0 Å². The van der Waals surface area contributed by atoms with Gasteiger partial charge in [-0.1, -0.05) is 13.8 Å². The average molecular weight is 187 g/mol. The number of rotatable bonds is 5. The third kappa shape index (κ3) is 4.50. The molecule has 0 aliphatic rings. The van der Waals surface area contributed by atoms with Gasteiger partial charge in [0.05, 0.1) is 13.2 Å². The molecule has 4 heteroatoms. The Balaban J connectivity index is 4.01. The lowest BCUT2D eigenvalue weighted by atomic mass is 10.1. The van der Waals surface area contributed by atoms with Crippen molar-refractivity contribution in [2.45, 2.75) is 39.2 Å². The van der Waals surface area contributed by atoms with Crippen molar-refractivity contribution >= 4 is 11.9 Å². The summed E-state index contributed by atoms with van der Waals surface area (Å²) >= 11 is 0. The Labute approximate surface area is 78.6 Å². The fourth-order valence-electron chi connectivity index (χ4n) is 1.03. The maximum absolute atomic E-state index is 11.4. The normalized spacial score (nSPS) is 11.9. The first-order valence-corrected chi connectivity index (χ1v) is 4.52. The van der Waals surface area contributed by atoms with Crippen molar-refractivity contribution < 1.29 is 14.3 Å². The predicted molar refractivity (Wildman–Crippen MR) is 49.5 cm³/mol. The van der Waals surface area contributed by atoms with Crippen LogP contribution in [-0.2, 0) is 9.53 Å². The Bertz CT molecular complexity index is 180. The fraction of sp³-hybridized carbons (Fsp3) is 0.778. The van der Waals surface area contributed by atoms with Crippen LogP contribution in [0.3, 0.4) is 0 Å². The van der Waals surface area contributed by atoms with Crippen LogP contribution in [0.5, 0.6) is 0 Å². The van der Waals surface area contributed by atoms with Crippen LogP contribution in [0.4, 0.5) is 4.79 Å². The molecular formula is C9H17NO3. The van der Waals surface area contributed by atoms with Crippen LogP contribution < -0.4 is 5.32 Å². The zero-order valence-electron chi connectivity index (χ0n) is 8.42. The van der Waals surface area contributed by atoms with Gasteiger partial charge in [0, 0.05) is 6.42 Å². The molecule has 76 valence electrons. The molecule has 1 N–H and O–H groups in total. The Kier molecular flexibility index (Phi) is 5.93. The van der Waals surface area contributed by atoms with Gasteiger partial charge in [-0.25, -0.2) is 4.79 Å². The minimum Gasteiger partial charge on any atom is -0.453 e. The monoisotopic (exact) mass is 187 g/mol. The molecule has 0 heterocycles. The molecule has 0 spiro atoms. The SMILES string of the molecule is CCCC(=O)[C@H](CC)NC(=O)OC. The largest absolute Gasteiger partial charge is 0.453 e. The molecule has 0 unspecified atom stereocenters. The van der Waals surface area contributed by atoms with E-state index in [9.17, 15) is 9.59 Å². The third-order valence-electron chi connectivity index (χ3n) is 1.77. The molecule has 0 aromatic carbocycles. The molecule has 0 saturated heterocycles. The second-order valence-corrected chi connectivity index (χ2v) is 2.81. The minimum absolute atomic E-state index is 0.0652. The van der Waals surface area contributed by atoms with E-state index in [2.05, 4.69) is 10.1 Å². The fourth-order valence-corrected chi connectivity index (χ4v) is 1.03. The van der Waals surface area contributed by atoms with Crippen molar-refractivity contribution in [2.75, 3.05) is 7.11 Å². The van der Waals surface area contributed by atoms with E-state index in [1.54, 1.807) is 0 Å². The highest BCUT2D eigenvalue weighted by atomic mass is 16.5. The third-order valence-corrected chi connectivity index (χ3v) is 1.77. The van der Waals surface area contributed by atoms with Crippen molar-refractivity contribution in [3.8, 4) is 0 Å². The summed E-state index contributed by atoms with van der Waals surface area (Å²) in [6, 6.07) is -0.396. The molecule has 0 aliphatic carbocycles. The summed E-state index contributed by atoms with van der Waals surface area (Å²) in [4.78, 5) is 22.2. The first-order valence-electron chi connectivity index (χ1n) is 4.52. The molecule has 0 aromatic heterocycles. The molecular weight excluding hydrogens is 170 g/mol. The van der Waals surface area contributed by atoms with Gasteiger partial charge in [-0.2, -0.15) is 0 Å². The molecule has 1 amide bonds. The summed E-state index contributed by atoms with van der Waals surface area (Å²) in [5.74, 6) is 0.0652. The number of Topliss-reactive ketones (excluding diaryl/α,β-unsaturated/α-hetero) is 1. The van der Waals surface area contributed by atoms with E-state index < -0.39 is 12.1 Å². The van der Waals surface area contributed by atoms with E-state index in [1.807, 2.05) is 13.8 Å². The van der Waals surface area contributed by atoms with Gasteiger partial charge in [-0.05, 0) is 12.8 Å². The topological polar surface area (TPSA) is 55.4 Å². The molecule has 1 atom stereocenters. The summed E-state index contributed by atoms with van der Waals surface area (Å²) in [5.41, 5.74) is 0. The summed E-state index contributed by atoms with van der Waals surface area (Å²) in [6.07, 6.45) is 1.37. The van der Waals surface area contributed by atoms with Crippen molar-refractivity contribution in [1.82, 2.24) is 5.32 Å². The van der Waals surface area contributed by atoms with Crippen molar-refractivity contribution in [3.63, 3.8) is 0 Å². The maximum atomic E-state index is 11.4. The van der Waals surface area contributed by atoms with Gasteiger partial charge in [-0.15, -0.1) is 0 Å². The number of hydrogen-bond acceptors (Lipinski definition) is 3. The summed E-state index contributed by atoms with van der Waals surface area (Å²) in [6.45, 7) is 3.79. The standard InChI is InChI=1S/C9H17NO3/c1-4-6-8(11)7(5-2)10-9(12)13-3/h7H,4-6H2,1-3H3,(H,10,12)/t7-/m0/s1. The number of amides is 1. The molecule has 0 rings (SSSR count). The van der Waals surface area contributed by atoms with E-state index in [1.165, 1.54) is 7.11 Å². The van der Waals surface area contributed by atoms with Crippen molar-refractivity contribution in [3.05, 3.63) is 0 Å². The smallest absolute Gasteiger partial charge is 0.407 e. The van der Waals surface area contributed by atoms with E-state index in [0.29, 0.717) is 12.8 Å². The van der Waals surface area contributed by atoms with Gasteiger partial charge in [0.15, 0.2) is 5.78 Å². The number of carbonyl (C=O) groups is 2. The van der Waals surface area contributed by atoms with E-state index in [-0.39, 0.29) is 5.78 Å². The quantitative estimate of drug-likeness (QED) is 0.709. The van der Waals surface area contributed by atoms with Gasteiger partial charge in [0.1, 0.15) is 0 Å². The first-order chi connectivity index (χ1) is 6.15. The molecule has 0 aromatic rings. The second kappa shape index (κ2) is 6.46. The molecule has 0 aliphatic heterocycles. The Hall–Kier alpha value is -1.06. The van der Waals surface area contributed by atoms with Crippen LogP contribution in [0.2, 0.25) is 0 Å². The number of carbonyl (C=O) groups excluding carboxylic acids is 2. The molecule has 13 heavy (non-hydrogen) atoms. The van der Waals surface area contributed by atoms with Crippen molar-refractivity contribution in [1.29, 1.82) is 0 Å². The summed E-state index contributed by atoms with van der Waals surface area (Å²) in [7, 11) is 1.28. The second-order valence-electron chi connectivity index (χ2n) is 2.81. The van der Waals surface area contributed by atoms with Crippen LogP contribution in [0.15, 0.2) is 0 Å². The molecule has 0 bridgehead atoms. The Morgan fingerprint density at radius 3 is 2.38 bits per heavy atom. The highest BCUT2D eigenvalue weighted by Crippen LogP contribution is 1.99. The van der Waals surface area contributed by atoms with Crippen LogP contribution >= 0.6 is 0 Å². The maximum Gasteiger partial charge on any atom is 0.407 e. The number of ether oxygens (including phenoxy) is 1. The number of methoxy groups -OCH3 is 1. The number of alkyl carbamates (subject to hydrolysis) is 1. The summed E-state index contributed by atoms with van der Waals surface area (Å²) < 4.78 is 4.41. The van der Waals surface area contributed by atoms with Crippen LogP contribution in [0, 0.1) is 0 Å². The van der Waals surface area contributed by atoms with E-state index in [0.717, 1.165) is 6.42 Å². The van der Waals surface area contributed by atoms with Gasteiger partial charge in [0.2, 0.25) is 0 Å². The zero-order chi connectivity index (χ0) is 10.3. The highest BCUT2D eigenvalue weighted by molar-refractivity contribution is 5.87. The van der Waals surface area contributed by atoms with Crippen LogP contribution in [0.25, 0.3) is 0 Å².